The fourth-order valence-electron chi connectivity index (χ4n) is 2.77. The smallest absolute Gasteiger partial charge is 0.143 e. The van der Waals surface area contributed by atoms with Gasteiger partial charge in [-0.05, 0) is 61.0 Å². The van der Waals surface area contributed by atoms with E-state index in [0.29, 0.717) is 10.0 Å². The van der Waals surface area contributed by atoms with Crippen molar-refractivity contribution in [1.29, 1.82) is 0 Å². The summed E-state index contributed by atoms with van der Waals surface area (Å²) in [6.07, 6.45) is 1.81. The molecule has 0 aliphatic carbocycles. The summed E-state index contributed by atoms with van der Waals surface area (Å²) in [5, 5.41) is 14.3. The number of phenols is 1. The number of anilines is 2. The minimum Gasteiger partial charge on any atom is -0.508 e. The molecule has 2 N–H and O–H groups in total. The van der Waals surface area contributed by atoms with Crippen molar-refractivity contribution < 1.29 is 5.11 Å². The van der Waals surface area contributed by atoms with E-state index < -0.39 is 0 Å². The fourth-order valence-corrected chi connectivity index (χ4v) is 3.11. The first kappa shape index (κ1) is 16.8. The van der Waals surface area contributed by atoms with E-state index in [1.54, 1.807) is 18.2 Å². The van der Waals surface area contributed by atoms with Gasteiger partial charge in [-0.15, -0.1) is 0 Å². The normalized spacial score (nSPS) is 11.0. The molecular formula is C20H15Cl2N3O. The second-order valence-electron chi connectivity index (χ2n) is 6.02. The number of aromatic nitrogens is 2. The Bertz CT molecular complexity index is 1100. The summed E-state index contributed by atoms with van der Waals surface area (Å²) in [5.74, 6) is 0.980. The summed E-state index contributed by atoms with van der Waals surface area (Å²) >= 11 is 12.4. The zero-order valence-corrected chi connectivity index (χ0v) is 15.4. The second-order valence-corrected chi connectivity index (χ2v) is 6.86. The monoisotopic (exact) mass is 383 g/mol. The maximum atomic E-state index is 9.57. The van der Waals surface area contributed by atoms with Crippen molar-refractivity contribution in [2.75, 3.05) is 5.32 Å². The summed E-state index contributed by atoms with van der Waals surface area (Å²) in [4.78, 5) is 4.72. The van der Waals surface area contributed by atoms with Gasteiger partial charge in [0.15, 0.2) is 0 Å². The van der Waals surface area contributed by atoms with E-state index in [0.717, 1.165) is 34.0 Å². The van der Waals surface area contributed by atoms with Crippen LogP contribution in [-0.2, 0) is 0 Å². The molecule has 130 valence electrons. The molecule has 0 aliphatic heterocycles. The minimum absolute atomic E-state index is 0.209. The summed E-state index contributed by atoms with van der Waals surface area (Å²) < 4.78 is 1.90. The molecule has 2 heterocycles. The Labute approximate surface area is 160 Å². The van der Waals surface area contributed by atoms with Gasteiger partial charge in [0, 0.05) is 22.5 Å². The van der Waals surface area contributed by atoms with Gasteiger partial charge in [0.25, 0.3) is 0 Å². The molecule has 26 heavy (non-hydrogen) atoms. The Kier molecular flexibility index (Phi) is 4.23. The Morgan fingerprint density at radius 1 is 1.00 bits per heavy atom. The molecule has 0 saturated carbocycles. The van der Waals surface area contributed by atoms with Crippen LogP contribution in [0.15, 0.2) is 60.8 Å². The van der Waals surface area contributed by atoms with Crippen LogP contribution in [0.25, 0.3) is 16.9 Å². The molecule has 0 atom stereocenters. The van der Waals surface area contributed by atoms with E-state index in [1.165, 1.54) is 0 Å². The number of phenolic OH excluding ortho intramolecular Hbond substituents is 1. The number of nitrogens with zero attached hydrogens (tertiary/aromatic N) is 2. The van der Waals surface area contributed by atoms with Crippen LogP contribution in [-0.4, -0.2) is 14.5 Å². The zero-order valence-electron chi connectivity index (χ0n) is 13.9. The Balaban J connectivity index is 1.89. The number of nitrogens with one attached hydrogen (secondary N) is 1. The number of aromatic hydroxyl groups is 1. The third-order valence-corrected chi connectivity index (χ3v) is 4.79. The number of benzene rings is 2. The van der Waals surface area contributed by atoms with Gasteiger partial charge in [-0.2, -0.15) is 0 Å². The van der Waals surface area contributed by atoms with E-state index >= 15 is 0 Å². The van der Waals surface area contributed by atoms with E-state index in [4.69, 9.17) is 28.2 Å². The molecule has 0 aliphatic rings. The van der Waals surface area contributed by atoms with E-state index in [9.17, 15) is 5.11 Å². The van der Waals surface area contributed by atoms with Crippen molar-refractivity contribution in [3.63, 3.8) is 0 Å². The summed E-state index contributed by atoms with van der Waals surface area (Å²) in [6, 6.07) is 16.4. The number of hydrogen-bond donors (Lipinski definition) is 2. The van der Waals surface area contributed by atoms with E-state index in [1.807, 2.05) is 53.9 Å². The average molecular weight is 384 g/mol. The van der Waals surface area contributed by atoms with Crippen LogP contribution in [0.4, 0.5) is 11.5 Å². The van der Waals surface area contributed by atoms with Crippen LogP contribution in [0, 0.1) is 6.92 Å². The van der Waals surface area contributed by atoms with Crippen LogP contribution in [0.5, 0.6) is 5.75 Å². The maximum Gasteiger partial charge on any atom is 0.143 e. The molecule has 2 aromatic heterocycles. The lowest BCUT2D eigenvalue weighted by Crippen LogP contribution is -1.97. The second kappa shape index (κ2) is 6.56. The molecule has 4 rings (SSSR count). The highest BCUT2D eigenvalue weighted by Crippen LogP contribution is 2.33. The number of hydrogen-bond acceptors (Lipinski definition) is 3. The van der Waals surface area contributed by atoms with Gasteiger partial charge in [-0.25, -0.2) is 4.98 Å². The van der Waals surface area contributed by atoms with E-state index in [-0.39, 0.29) is 5.75 Å². The first-order valence-electron chi connectivity index (χ1n) is 8.01. The summed E-state index contributed by atoms with van der Waals surface area (Å²) in [6.45, 7) is 1.96. The molecule has 0 spiro atoms. The third kappa shape index (κ3) is 3.09. The van der Waals surface area contributed by atoms with Crippen LogP contribution < -0.4 is 5.32 Å². The highest BCUT2D eigenvalue weighted by Gasteiger charge is 2.15. The maximum absolute atomic E-state index is 9.57. The third-order valence-electron chi connectivity index (χ3n) is 4.16. The van der Waals surface area contributed by atoms with Crippen molar-refractivity contribution in [3.05, 3.63) is 76.4 Å². The number of pyridine rings is 1. The van der Waals surface area contributed by atoms with Gasteiger partial charge in [-0.1, -0.05) is 29.3 Å². The molecule has 0 unspecified atom stereocenters. The SMILES string of the molecule is Cc1ccc(Nc2c(-c3ccc(O)cc3)nc3ccc(Cl)cn23)cc1Cl. The molecule has 0 bridgehead atoms. The van der Waals surface area contributed by atoms with Crippen molar-refractivity contribution in [2.45, 2.75) is 6.92 Å². The Morgan fingerprint density at radius 3 is 2.50 bits per heavy atom. The minimum atomic E-state index is 0.209. The number of rotatable bonds is 3. The Hall–Kier alpha value is -2.69. The van der Waals surface area contributed by atoms with Crippen molar-refractivity contribution in [2.24, 2.45) is 0 Å². The molecule has 0 saturated heterocycles. The lowest BCUT2D eigenvalue weighted by molar-refractivity contribution is 0.475. The van der Waals surface area contributed by atoms with Gasteiger partial charge in [0.2, 0.25) is 0 Å². The van der Waals surface area contributed by atoms with Gasteiger partial charge < -0.3 is 10.4 Å². The number of aryl methyl sites for hydroxylation is 1. The first-order valence-corrected chi connectivity index (χ1v) is 8.77. The van der Waals surface area contributed by atoms with Crippen LogP contribution in [0.1, 0.15) is 5.56 Å². The molecule has 0 fully saturated rings. The lowest BCUT2D eigenvalue weighted by Gasteiger charge is -2.10. The van der Waals surface area contributed by atoms with E-state index in [2.05, 4.69) is 5.32 Å². The molecule has 0 radical (unpaired) electrons. The average Bonchev–Trinajstić information content (AvgIpc) is 2.97. The quantitative estimate of drug-likeness (QED) is 0.451. The van der Waals surface area contributed by atoms with Gasteiger partial charge in [-0.3, -0.25) is 4.40 Å². The predicted octanol–water partition coefficient (Wildman–Crippen LogP) is 6.07. The molecule has 2 aromatic carbocycles. The predicted molar refractivity (Wildman–Crippen MR) is 107 cm³/mol. The van der Waals surface area contributed by atoms with Crippen molar-refractivity contribution in [1.82, 2.24) is 9.38 Å². The summed E-state index contributed by atoms with van der Waals surface area (Å²) in [7, 11) is 0. The largest absolute Gasteiger partial charge is 0.508 e. The standard InChI is InChI=1S/C20H15Cl2N3O/c1-12-2-6-15(10-17(12)22)23-20-19(13-3-7-16(26)8-4-13)24-18-9-5-14(21)11-25(18)20/h2-11,23,26H,1H3. The van der Waals surface area contributed by atoms with Crippen LogP contribution >= 0.6 is 23.2 Å². The summed E-state index contributed by atoms with van der Waals surface area (Å²) in [5.41, 5.74) is 4.25. The molecular weight excluding hydrogens is 369 g/mol. The van der Waals surface area contributed by atoms with Crippen molar-refractivity contribution >= 4 is 40.4 Å². The van der Waals surface area contributed by atoms with Gasteiger partial charge >= 0.3 is 0 Å². The van der Waals surface area contributed by atoms with Gasteiger partial charge in [0.1, 0.15) is 22.9 Å². The number of halogens is 2. The first-order chi connectivity index (χ1) is 12.5. The number of fused-ring (bicyclic) bond motifs is 1. The molecule has 6 heteroatoms. The molecule has 4 nitrogen and oxygen atoms in total. The van der Waals surface area contributed by atoms with Gasteiger partial charge in [0.05, 0.1) is 5.02 Å². The zero-order chi connectivity index (χ0) is 18.3. The topological polar surface area (TPSA) is 49.6 Å². The highest BCUT2D eigenvalue weighted by atomic mass is 35.5. The van der Waals surface area contributed by atoms with Crippen LogP contribution in [0.2, 0.25) is 10.0 Å². The van der Waals surface area contributed by atoms with Crippen LogP contribution in [0.3, 0.4) is 0 Å². The molecule has 0 amide bonds. The van der Waals surface area contributed by atoms with Crippen molar-refractivity contribution in [3.8, 4) is 17.0 Å². The number of imidazole rings is 1. The fraction of sp³-hybridized carbons (Fsp3) is 0.0500. The highest BCUT2D eigenvalue weighted by molar-refractivity contribution is 6.31. The Morgan fingerprint density at radius 2 is 1.77 bits per heavy atom. The molecule has 4 aromatic rings. The lowest BCUT2D eigenvalue weighted by atomic mass is 10.1.